The first-order valence-electron chi connectivity index (χ1n) is 21.1. The van der Waals surface area contributed by atoms with Crippen molar-refractivity contribution in [2.24, 2.45) is 29.1 Å². The van der Waals surface area contributed by atoms with Crippen LogP contribution in [0.5, 0.6) is 11.5 Å². The molecule has 4 saturated carbocycles. The summed E-state index contributed by atoms with van der Waals surface area (Å²) in [7, 11) is 0. The second-order valence-corrected chi connectivity index (χ2v) is 19.7. The maximum atomic E-state index is 6.89. The van der Waals surface area contributed by atoms with Gasteiger partial charge in [-0.2, -0.15) is 0 Å². The van der Waals surface area contributed by atoms with Crippen LogP contribution < -0.4 is 9.64 Å². The smallest absolute Gasteiger partial charge is 0.131 e. The van der Waals surface area contributed by atoms with Crippen LogP contribution >= 0.6 is 0 Å². The van der Waals surface area contributed by atoms with Gasteiger partial charge >= 0.3 is 0 Å². The molecule has 2 nitrogen and oxygen atoms in total. The number of hydrogen-bond acceptors (Lipinski definition) is 2. The standard InChI is InChI=1S/C53H51NO/c1-50(2)24-25-51(3,4)44-29-38(20-22-42(44)50)54(37-18-16-36(17-19-37)41-13-9-11-35-10-5-6-12-40(35)41)39-21-23-47-45(30-39)53(43-14-7-8-15-46(43)55-47)48-27-33-26-34-28-49(53)52(48,31-33)32-34/h5-23,29-30,33-34,48-49H,24-28,31-32H2,1-4H3. The van der Waals surface area contributed by atoms with E-state index < -0.39 is 0 Å². The number of nitrogens with zero attached hydrogens (tertiary/aromatic N) is 1. The molecule has 4 atom stereocenters. The van der Waals surface area contributed by atoms with Crippen LogP contribution in [0.2, 0.25) is 0 Å². The first-order valence-corrected chi connectivity index (χ1v) is 21.1. The van der Waals surface area contributed by atoms with Crippen LogP contribution in [-0.4, -0.2) is 0 Å². The van der Waals surface area contributed by atoms with Gasteiger partial charge in [-0.1, -0.05) is 107 Å². The van der Waals surface area contributed by atoms with Crippen LogP contribution in [0.1, 0.15) is 94.9 Å². The molecule has 6 aromatic carbocycles. The molecule has 1 aliphatic heterocycles. The number of fused-ring (bicyclic) bond motifs is 10. The zero-order chi connectivity index (χ0) is 36.9. The molecule has 3 bridgehead atoms. The minimum atomic E-state index is 0.0237. The van der Waals surface area contributed by atoms with Crippen molar-refractivity contribution in [1.82, 2.24) is 0 Å². The maximum absolute atomic E-state index is 6.89. The third-order valence-corrected chi connectivity index (χ3v) is 16.2. The van der Waals surface area contributed by atoms with Crippen molar-refractivity contribution < 1.29 is 4.74 Å². The molecule has 6 aliphatic rings. The monoisotopic (exact) mass is 717 g/mol. The Morgan fingerprint density at radius 1 is 0.527 bits per heavy atom. The van der Waals surface area contributed by atoms with Gasteiger partial charge in [0, 0.05) is 33.6 Å². The fourth-order valence-corrected chi connectivity index (χ4v) is 13.9. The highest BCUT2D eigenvalue weighted by Gasteiger charge is 2.79. The Hall–Kier alpha value is -4.82. The number of rotatable bonds is 4. The van der Waals surface area contributed by atoms with E-state index in [4.69, 9.17) is 4.74 Å². The number of ether oxygens (including phenoxy) is 1. The summed E-state index contributed by atoms with van der Waals surface area (Å²) in [6.07, 6.45) is 9.53. The third kappa shape index (κ3) is 4.27. The average Bonchev–Trinajstić information content (AvgIpc) is 3.59. The molecule has 4 unspecified atom stereocenters. The Morgan fingerprint density at radius 2 is 1.15 bits per heavy atom. The summed E-state index contributed by atoms with van der Waals surface area (Å²) in [4.78, 5) is 2.55. The van der Waals surface area contributed by atoms with E-state index in [9.17, 15) is 0 Å². The normalized spacial score (nSPS) is 29.5. The predicted molar refractivity (Wildman–Crippen MR) is 226 cm³/mol. The van der Waals surface area contributed by atoms with Crippen molar-refractivity contribution in [3.05, 3.63) is 150 Å². The minimum absolute atomic E-state index is 0.0237. The first-order chi connectivity index (χ1) is 26.7. The highest BCUT2D eigenvalue weighted by molar-refractivity contribution is 5.97. The maximum Gasteiger partial charge on any atom is 0.131 e. The van der Waals surface area contributed by atoms with Gasteiger partial charge in [-0.25, -0.2) is 0 Å². The number of hydrogen-bond donors (Lipinski definition) is 0. The van der Waals surface area contributed by atoms with Gasteiger partial charge < -0.3 is 9.64 Å². The van der Waals surface area contributed by atoms with E-state index >= 15 is 0 Å². The molecular weight excluding hydrogens is 667 g/mol. The van der Waals surface area contributed by atoms with Crippen molar-refractivity contribution in [3.8, 4) is 22.6 Å². The molecule has 6 aromatic rings. The van der Waals surface area contributed by atoms with Crippen LogP contribution in [0.4, 0.5) is 17.1 Å². The fraction of sp³-hybridized carbons (Fsp3) is 0.358. The Morgan fingerprint density at radius 3 is 1.93 bits per heavy atom. The summed E-state index contributed by atoms with van der Waals surface area (Å²) in [6, 6.07) is 48.5. The van der Waals surface area contributed by atoms with Gasteiger partial charge in [0.1, 0.15) is 11.5 Å². The molecular formula is C53H51NO. The molecule has 0 aromatic heterocycles. The molecule has 0 N–H and O–H groups in total. The highest BCUT2D eigenvalue weighted by Crippen LogP contribution is 2.85. The van der Waals surface area contributed by atoms with Crippen LogP contribution in [0.15, 0.2) is 127 Å². The summed E-state index contributed by atoms with van der Waals surface area (Å²) in [5.74, 6) is 5.35. The van der Waals surface area contributed by atoms with Gasteiger partial charge in [0.05, 0.1) is 0 Å². The summed E-state index contributed by atoms with van der Waals surface area (Å²) in [5, 5.41) is 2.57. The Labute approximate surface area is 326 Å². The lowest BCUT2D eigenvalue weighted by molar-refractivity contribution is -0.0882. The van der Waals surface area contributed by atoms with Gasteiger partial charge in [-0.3, -0.25) is 0 Å². The van der Waals surface area contributed by atoms with Crippen LogP contribution in [-0.2, 0) is 16.2 Å². The van der Waals surface area contributed by atoms with E-state index in [0.29, 0.717) is 17.3 Å². The second kappa shape index (κ2) is 10.9. The fourth-order valence-electron chi connectivity index (χ4n) is 13.9. The average molecular weight is 718 g/mol. The summed E-state index contributed by atoms with van der Waals surface area (Å²) < 4.78 is 6.89. The van der Waals surface area contributed by atoms with Crippen LogP contribution in [0, 0.1) is 29.1 Å². The first kappa shape index (κ1) is 32.4. The molecule has 55 heavy (non-hydrogen) atoms. The lowest BCUT2D eigenvalue weighted by Crippen LogP contribution is -2.64. The quantitative estimate of drug-likeness (QED) is 0.180. The summed E-state index contributed by atoms with van der Waals surface area (Å²) >= 11 is 0. The van der Waals surface area contributed by atoms with Crippen molar-refractivity contribution in [2.45, 2.75) is 88.9 Å². The zero-order valence-corrected chi connectivity index (χ0v) is 32.7. The van der Waals surface area contributed by atoms with Gasteiger partial charge in [0.15, 0.2) is 0 Å². The van der Waals surface area contributed by atoms with Crippen molar-refractivity contribution in [1.29, 1.82) is 0 Å². The molecule has 4 fully saturated rings. The van der Waals surface area contributed by atoms with Crippen molar-refractivity contribution >= 4 is 27.8 Å². The third-order valence-electron chi connectivity index (χ3n) is 16.2. The SMILES string of the molecule is CC1(C)CCC(C)(C)c2cc(N(c3ccc(-c4cccc5ccccc45)cc3)c3ccc4c(c3)C3(c5ccccc5O4)C4CC5CC6CC3C4(C5)C6)ccc21. The second-order valence-electron chi connectivity index (χ2n) is 19.7. The summed E-state index contributed by atoms with van der Waals surface area (Å²) in [5.41, 5.74) is 12.9. The molecule has 0 radical (unpaired) electrons. The van der Waals surface area contributed by atoms with E-state index in [1.54, 1.807) is 0 Å². The molecule has 2 spiro atoms. The molecule has 5 aliphatic carbocycles. The topological polar surface area (TPSA) is 12.5 Å². The molecule has 0 saturated heterocycles. The van der Waals surface area contributed by atoms with E-state index in [-0.39, 0.29) is 16.2 Å². The Kier molecular flexibility index (Phi) is 6.45. The zero-order valence-electron chi connectivity index (χ0n) is 32.7. The van der Waals surface area contributed by atoms with E-state index in [1.807, 2.05) is 0 Å². The number of benzene rings is 6. The number of para-hydroxylation sites is 1. The molecule has 2 heteroatoms. The van der Waals surface area contributed by atoms with Gasteiger partial charge in [0.2, 0.25) is 0 Å². The van der Waals surface area contributed by atoms with E-state index in [2.05, 4.69) is 160 Å². The van der Waals surface area contributed by atoms with E-state index in [0.717, 1.165) is 23.3 Å². The molecule has 1 heterocycles. The number of anilines is 3. The Bertz CT molecular complexity index is 2530. The van der Waals surface area contributed by atoms with E-state index in [1.165, 1.54) is 106 Å². The van der Waals surface area contributed by atoms with Crippen LogP contribution in [0.3, 0.4) is 0 Å². The van der Waals surface area contributed by atoms with Gasteiger partial charge in [0.25, 0.3) is 0 Å². The van der Waals surface area contributed by atoms with Gasteiger partial charge in [-0.15, -0.1) is 0 Å². The molecule has 274 valence electrons. The van der Waals surface area contributed by atoms with Gasteiger partial charge in [-0.05, 0) is 166 Å². The Balaban J connectivity index is 1.05. The lowest BCUT2D eigenvalue weighted by Gasteiger charge is -2.66. The largest absolute Gasteiger partial charge is 0.457 e. The summed E-state index contributed by atoms with van der Waals surface area (Å²) in [6.45, 7) is 9.75. The lowest BCUT2D eigenvalue weighted by atomic mass is 9.37. The predicted octanol–water partition coefficient (Wildman–Crippen LogP) is 14.2. The molecule has 0 amide bonds. The van der Waals surface area contributed by atoms with Crippen molar-refractivity contribution in [2.75, 3.05) is 4.90 Å². The van der Waals surface area contributed by atoms with Crippen LogP contribution in [0.25, 0.3) is 21.9 Å². The van der Waals surface area contributed by atoms with Crippen molar-refractivity contribution in [3.63, 3.8) is 0 Å². The highest BCUT2D eigenvalue weighted by atomic mass is 16.5. The molecule has 12 rings (SSSR count). The minimum Gasteiger partial charge on any atom is -0.457 e.